The van der Waals surface area contributed by atoms with Gasteiger partial charge in [-0.25, -0.2) is 0 Å². The number of likely N-dealkylation sites (N-methyl/N-ethyl adjacent to an activating group) is 1. The molecule has 0 bridgehead atoms. The highest BCUT2D eigenvalue weighted by Gasteiger charge is 2.07. The van der Waals surface area contributed by atoms with Crippen molar-refractivity contribution in [3.05, 3.63) is 12.2 Å². The normalized spacial score (nSPS) is 11.2. The highest BCUT2D eigenvalue weighted by Crippen LogP contribution is 2.38. The molecule has 0 atom stereocenters. The first kappa shape index (κ1) is 21.3. The minimum atomic E-state index is -1.06. The molecule has 0 aromatic carbocycles. The molecule has 0 heterocycles. The zero-order valence-corrected chi connectivity index (χ0v) is 14.4. The molecule has 0 fully saturated rings. The molecule has 0 aliphatic carbocycles. The summed E-state index contributed by atoms with van der Waals surface area (Å²) in [4.78, 5) is 2.16. The lowest BCUT2D eigenvalue weighted by Gasteiger charge is -2.12. The van der Waals surface area contributed by atoms with Crippen LogP contribution in [0.4, 0.5) is 0 Å². The van der Waals surface area contributed by atoms with Gasteiger partial charge in [-0.05, 0) is 41.3 Å². The van der Waals surface area contributed by atoms with E-state index in [1.807, 2.05) is 20.8 Å². The van der Waals surface area contributed by atoms with Crippen molar-refractivity contribution in [2.24, 2.45) is 0 Å². The first-order valence-electron chi connectivity index (χ1n) is 7.10. The highest BCUT2D eigenvalue weighted by molar-refractivity contribution is 7.41. The van der Waals surface area contributed by atoms with Gasteiger partial charge in [0.15, 0.2) is 0 Å². The second kappa shape index (κ2) is 18.0. The number of hydrogen-bond donors (Lipinski definition) is 0. The summed E-state index contributed by atoms with van der Waals surface area (Å²) < 4.78 is 15.4. The Labute approximate surface area is 121 Å². The highest BCUT2D eigenvalue weighted by atomic mass is 31.2. The molecule has 4 nitrogen and oxygen atoms in total. The van der Waals surface area contributed by atoms with Crippen LogP contribution in [0.5, 0.6) is 0 Å². The number of rotatable bonds is 10. The molecule has 0 aliphatic rings. The molecule has 0 spiro atoms. The molecule has 0 aromatic heterocycles. The van der Waals surface area contributed by atoms with Crippen LogP contribution in [0.3, 0.4) is 0 Å². The number of nitrogens with zero attached hydrogens (tertiary/aromatic N) is 1. The topological polar surface area (TPSA) is 30.9 Å². The standard InChI is InChI=1S/C8H17N.C6H15O3P/c1-4-5-6-7-8-9(2)3;1-4-7-10(8-5-2)9-6-3/h6-7H,4-5,8H2,1-3H3;4-6H2,1-3H3/b7-6+;. The van der Waals surface area contributed by atoms with Crippen molar-refractivity contribution < 1.29 is 13.6 Å². The second-order valence-corrected chi connectivity index (χ2v) is 5.22. The first-order valence-corrected chi connectivity index (χ1v) is 8.20. The zero-order valence-electron chi connectivity index (χ0n) is 13.5. The summed E-state index contributed by atoms with van der Waals surface area (Å²) in [6, 6.07) is 0. The van der Waals surface area contributed by atoms with Crippen LogP contribution in [0.15, 0.2) is 12.2 Å². The lowest BCUT2D eigenvalue weighted by Crippen LogP contribution is -2.10. The Bertz CT molecular complexity index is 175. The molecule has 0 aromatic rings. The van der Waals surface area contributed by atoms with Crippen LogP contribution in [-0.4, -0.2) is 45.4 Å². The Hall–Kier alpha value is 0.0100. The third-order valence-corrected chi connectivity index (χ3v) is 3.20. The van der Waals surface area contributed by atoms with E-state index in [1.54, 1.807) is 0 Å². The van der Waals surface area contributed by atoms with Crippen molar-refractivity contribution in [1.29, 1.82) is 0 Å². The van der Waals surface area contributed by atoms with Gasteiger partial charge < -0.3 is 18.5 Å². The molecule has 0 rings (SSSR count). The van der Waals surface area contributed by atoms with Gasteiger partial charge in [0.05, 0.1) is 19.8 Å². The Morgan fingerprint density at radius 1 is 0.842 bits per heavy atom. The Kier molecular flexibility index (Phi) is 20.2. The van der Waals surface area contributed by atoms with Gasteiger partial charge in [-0.1, -0.05) is 25.5 Å². The van der Waals surface area contributed by atoms with Gasteiger partial charge in [-0.15, -0.1) is 0 Å². The summed E-state index contributed by atoms with van der Waals surface area (Å²) in [6.07, 6.45) is 6.92. The summed E-state index contributed by atoms with van der Waals surface area (Å²) >= 11 is 0. The lowest BCUT2D eigenvalue weighted by molar-refractivity contribution is 0.176. The Morgan fingerprint density at radius 3 is 1.63 bits per heavy atom. The van der Waals surface area contributed by atoms with E-state index < -0.39 is 8.60 Å². The number of allylic oxidation sites excluding steroid dienone is 1. The van der Waals surface area contributed by atoms with E-state index in [4.69, 9.17) is 13.6 Å². The van der Waals surface area contributed by atoms with E-state index in [1.165, 1.54) is 12.8 Å². The first-order chi connectivity index (χ1) is 9.12. The van der Waals surface area contributed by atoms with Crippen LogP contribution in [0.2, 0.25) is 0 Å². The summed E-state index contributed by atoms with van der Waals surface area (Å²) in [6.45, 7) is 11.0. The van der Waals surface area contributed by atoms with Crippen molar-refractivity contribution in [2.75, 3.05) is 40.5 Å². The van der Waals surface area contributed by atoms with Crippen molar-refractivity contribution in [3.63, 3.8) is 0 Å². The summed E-state index contributed by atoms with van der Waals surface area (Å²) in [5, 5.41) is 0. The van der Waals surface area contributed by atoms with Gasteiger partial charge in [0.25, 0.3) is 0 Å². The largest absolute Gasteiger partial charge is 0.332 e. The van der Waals surface area contributed by atoms with Gasteiger partial charge >= 0.3 is 8.60 Å². The molecule has 0 amide bonds. The van der Waals surface area contributed by atoms with Crippen molar-refractivity contribution in [1.82, 2.24) is 4.90 Å². The molecule has 0 N–H and O–H groups in total. The van der Waals surface area contributed by atoms with E-state index in [9.17, 15) is 0 Å². The average molecular weight is 293 g/mol. The monoisotopic (exact) mass is 293 g/mol. The third-order valence-electron chi connectivity index (χ3n) is 1.80. The molecule has 0 radical (unpaired) electrons. The quantitative estimate of drug-likeness (QED) is 0.445. The van der Waals surface area contributed by atoms with E-state index in [2.05, 4.69) is 38.1 Å². The number of unbranched alkanes of at least 4 members (excludes halogenated alkanes) is 1. The molecule has 116 valence electrons. The van der Waals surface area contributed by atoms with Crippen molar-refractivity contribution >= 4 is 8.60 Å². The Balaban J connectivity index is 0. The van der Waals surface area contributed by atoms with Gasteiger partial charge in [0, 0.05) is 6.54 Å². The molecule has 0 aliphatic heterocycles. The predicted octanol–water partition coefficient (Wildman–Crippen LogP) is 4.23. The maximum absolute atomic E-state index is 5.14. The Morgan fingerprint density at radius 2 is 1.32 bits per heavy atom. The van der Waals surface area contributed by atoms with Crippen molar-refractivity contribution in [3.8, 4) is 0 Å². The van der Waals surface area contributed by atoms with Crippen LogP contribution in [-0.2, 0) is 13.6 Å². The van der Waals surface area contributed by atoms with Crippen LogP contribution in [0.25, 0.3) is 0 Å². The number of hydrogen-bond acceptors (Lipinski definition) is 4. The molecular weight excluding hydrogens is 261 g/mol. The molecule has 19 heavy (non-hydrogen) atoms. The van der Waals surface area contributed by atoms with E-state index >= 15 is 0 Å². The van der Waals surface area contributed by atoms with E-state index in [0.717, 1.165) is 6.54 Å². The summed E-state index contributed by atoms with van der Waals surface area (Å²) in [5.74, 6) is 0. The SMILES string of the molecule is CCC/C=C/CN(C)C.CCOP(OCC)OCC. The molecule has 0 unspecified atom stereocenters. The van der Waals surface area contributed by atoms with Gasteiger partial charge in [0.1, 0.15) is 0 Å². The van der Waals surface area contributed by atoms with Crippen LogP contribution >= 0.6 is 8.60 Å². The molecule has 0 saturated heterocycles. The van der Waals surface area contributed by atoms with E-state index in [-0.39, 0.29) is 0 Å². The summed E-state index contributed by atoms with van der Waals surface area (Å²) in [7, 11) is 3.10. The van der Waals surface area contributed by atoms with Gasteiger partial charge in [-0.3, -0.25) is 0 Å². The van der Waals surface area contributed by atoms with Gasteiger partial charge in [-0.2, -0.15) is 0 Å². The fraction of sp³-hybridized carbons (Fsp3) is 0.857. The lowest BCUT2D eigenvalue weighted by atomic mass is 10.3. The van der Waals surface area contributed by atoms with Crippen LogP contribution in [0.1, 0.15) is 40.5 Å². The molecular formula is C14H32NO3P. The van der Waals surface area contributed by atoms with Crippen LogP contribution < -0.4 is 0 Å². The maximum Gasteiger partial charge on any atom is 0.332 e. The average Bonchev–Trinajstić information content (AvgIpc) is 2.36. The third kappa shape index (κ3) is 20.5. The molecule has 0 saturated carbocycles. The van der Waals surface area contributed by atoms with Crippen LogP contribution in [0, 0.1) is 0 Å². The predicted molar refractivity (Wildman–Crippen MR) is 84.4 cm³/mol. The van der Waals surface area contributed by atoms with Gasteiger partial charge in [0.2, 0.25) is 0 Å². The zero-order chi connectivity index (χ0) is 14.9. The minimum absolute atomic E-state index is 0.645. The van der Waals surface area contributed by atoms with Crippen molar-refractivity contribution in [2.45, 2.75) is 40.5 Å². The second-order valence-electron chi connectivity index (χ2n) is 4.00. The maximum atomic E-state index is 5.14. The smallest absolute Gasteiger partial charge is 0.313 e. The molecule has 5 heteroatoms. The minimum Gasteiger partial charge on any atom is -0.313 e. The van der Waals surface area contributed by atoms with E-state index in [0.29, 0.717) is 19.8 Å². The fourth-order valence-corrected chi connectivity index (χ4v) is 1.85. The fourth-order valence-electron chi connectivity index (χ4n) is 0.998. The summed E-state index contributed by atoms with van der Waals surface area (Å²) in [5.41, 5.74) is 0.